The lowest BCUT2D eigenvalue weighted by molar-refractivity contribution is 0.0781. The van der Waals surface area contributed by atoms with Crippen molar-refractivity contribution in [2.24, 2.45) is 0 Å². The largest absolute Gasteiger partial charge is 0.334 e. The van der Waals surface area contributed by atoms with Gasteiger partial charge in [0.1, 0.15) is 12.2 Å². The lowest BCUT2D eigenvalue weighted by Gasteiger charge is -2.17. The summed E-state index contributed by atoms with van der Waals surface area (Å²) < 4.78 is 0. The Balaban J connectivity index is 2.15. The number of hydrogen-bond acceptors (Lipinski definition) is 3. The molecule has 0 fully saturated rings. The fourth-order valence-corrected chi connectivity index (χ4v) is 1.90. The van der Waals surface area contributed by atoms with E-state index < -0.39 is 0 Å². The van der Waals surface area contributed by atoms with Crippen LogP contribution in [0.4, 0.5) is 0 Å². The van der Waals surface area contributed by atoms with Crippen LogP contribution < -0.4 is 0 Å². The van der Waals surface area contributed by atoms with Crippen molar-refractivity contribution < 1.29 is 4.79 Å². The summed E-state index contributed by atoms with van der Waals surface area (Å²) >= 11 is 5.87. The van der Waals surface area contributed by atoms with Gasteiger partial charge in [-0.05, 0) is 30.7 Å². The van der Waals surface area contributed by atoms with E-state index in [1.165, 1.54) is 6.33 Å². The first-order valence-corrected chi connectivity index (χ1v) is 5.81. The average Bonchev–Trinajstić information content (AvgIpc) is 2.81. The maximum absolute atomic E-state index is 12.2. The number of amides is 1. The van der Waals surface area contributed by atoms with E-state index >= 15 is 0 Å². The molecule has 0 saturated carbocycles. The third-order valence-corrected chi connectivity index (χ3v) is 2.85. The predicted octanol–water partition coefficient (Wildman–Crippen LogP) is 2.04. The molecule has 0 atom stereocenters. The van der Waals surface area contributed by atoms with Crippen molar-refractivity contribution in [3.05, 3.63) is 46.5 Å². The molecule has 1 aromatic heterocycles. The molecule has 94 valence electrons. The Labute approximate surface area is 110 Å². The van der Waals surface area contributed by atoms with Gasteiger partial charge in [0, 0.05) is 17.6 Å². The lowest BCUT2D eigenvalue weighted by Crippen LogP contribution is -2.27. The molecule has 2 aromatic rings. The Morgan fingerprint density at radius 3 is 2.89 bits per heavy atom. The van der Waals surface area contributed by atoms with Gasteiger partial charge in [-0.2, -0.15) is 5.10 Å². The van der Waals surface area contributed by atoms with E-state index in [1.54, 1.807) is 30.1 Å². The molecule has 0 saturated heterocycles. The third-order valence-electron chi connectivity index (χ3n) is 2.62. The van der Waals surface area contributed by atoms with Crippen molar-refractivity contribution in [3.63, 3.8) is 0 Å². The van der Waals surface area contributed by atoms with Crippen molar-refractivity contribution >= 4 is 17.5 Å². The monoisotopic (exact) mass is 264 g/mol. The van der Waals surface area contributed by atoms with Gasteiger partial charge < -0.3 is 4.90 Å². The number of carbonyl (C=O) groups excluding carboxylic acids is 1. The summed E-state index contributed by atoms with van der Waals surface area (Å²) in [5, 5.41) is 7.09. The number of aryl methyl sites for hydroxylation is 1. The quantitative estimate of drug-likeness (QED) is 0.923. The molecular weight excluding hydrogens is 252 g/mol. The van der Waals surface area contributed by atoms with Crippen LogP contribution in [0.3, 0.4) is 0 Å². The van der Waals surface area contributed by atoms with Gasteiger partial charge in [-0.1, -0.05) is 11.6 Å². The van der Waals surface area contributed by atoms with Gasteiger partial charge in [0.15, 0.2) is 0 Å². The average molecular weight is 265 g/mol. The van der Waals surface area contributed by atoms with Gasteiger partial charge >= 0.3 is 0 Å². The smallest absolute Gasteiger partial charge is 0.254 e. The summed E-state index contributed by atoms with van der Waals surface area (Å²) in [5.41, 5.74) is 1.50. The fraction of sp³-hybridized carbons (Fsp3) is 0.250. The van der Waals surface area contributed by atoms with Gasteiger partial charge in [0.25, 0.3) is 5.91 Å². The molecule has 1 aromatic carbocycles. The van der Waals surface area contributed by atoms with Gasteiger partial charge in [-0.25, -0.2) is 4.98 Å². The van der Waals surface area contributed by atoms with Gasteiger partial charge in [-0.15, -0.1) is 0 Å². The van der Waals surface area contributed by atoms with Crippen LogP contribution in [0.2, 0.25) is 5.02 Å². The number of rotatable bonds is 3. The third kappa shape index (κ3) is 2.68. The zero-order valence-corrected chi connectivity index (χ0v) is 10.9. The second-order valence-corrected chi connectivity index (χ2v) is 4.49. The highest BCUT2D eigenvalue weighted by Gasteiger charge is 2.15. The molecule has 1 amide bonds. The van der Waals surface area contributed by atoms with Crippen LogP contribution >= 0.6 is 11.6 Å². The number of aromatic nitrogens is 3. The van der Waals surface area contributed by atoms with Gasteiger partial charge in [-0.3, -0.25) is 9.89 Å². The Hall–Kier alpha value is -1.88. The van der Waals surface area contributed by atoms with E-state index in [2.05, 4.69) is 15.2 Å². The maximum Gasteiger partial charge on any atom is 0.254 e. The molecule has 6 heteroatoms. The highest BCUT2D eigenvalue weighted by molar-refractivity contribution is 6.30. The number of H-pyrrole nitrogens is 1. The summed E-state index contributed by atoms with van der Waals surface area (Å²) in [7, 11) is 1.72. The Morgan fingerprint density at radius 2 is 2.28 bits per heavy atom. The standard InChI is InChI=1S/C12H13ClN4O/c1-8-5-9(13)3-4-10(8)12(18)17(2)6-11-14-7-15-16-11/h3-5,7H,6H2,1-2H3,(H,14,15,16). The molecule has 0 spiro atoms. The first-order chi connectivity index (χ1) is 8.58. The molecule has 1 heterocycles. The number of benzene rings is 1. The Bertz CT molecular complexity index is 553. The van der Waals surface area contributed by atoms with Crippen LogP contribution in [-0.2, 0) is 6.54 Å². The van der Waals surface area contributed by atoms with Crippen molar-refractivity contribution in [1.82, 2.24) is 20.1 Å². The molecule has 5 nitrogen and oxygen atoms in total. The van der Waals surface area contributed by atoms with Crippen LogP contribution in [0.15, 0.2) is 24.5 Å². The SMILES string of the molecule is Cc1cc(Cl)ccc1C(=O)N(C)Cc1ncn[nH]1. The second-order valence-electron chi connectivity index (χ2n) is 4.05. The highest BCUT2D eigenvalue weighted by atomic mass is 35.5. The van der Waals surface area contributed by atoms with Crippen LogP contribution in [0.25, 0.3) is 0 Å². The first-order valence-electron chi connectivity index (χ1n) is 5.44. The lowest BCUT2D eigenvalue weighted by atomic mass is 10.1. The summed E-state index contributed by atoms with van der Waals surface area (Å²) in [4.78, 5) is 17.8. The summed E-state index contributed by atoms with van der Waals surface area (Å²) in [6.45, 7) is 2.25. The van der Waals surface area contributed by atoms with Crippen LogP contribution in [0, 0.1) is 6.92 Å². The second kappa shape index (κ2) is 5.18. The summed E-state index contributed by atoms with van der Waals surface area (Å²) in [6.07, 6.45) is 1.42. The van der Waals surface area contributed by atoms with Crippen molar-refractivity contribution in [3.8, 4) is 0 Å². The zero-order valence-electron chi connectivity index (χ0n) is 10.1. The molecule has 2 rings (SSSR count). The van der Waals surface area contributed by atoms with E-state index in [0.717, 1.165) is 5.56 Å². The minimum absolute atomic E-state index is 0.0689. The minimum Gasteiger partial charge on any atom is -0.334 e. The molecule has 0 radical (unpaired) electrons. The summed E-state index contributed by atoms with van der Waals surface area (Å²) in [5.74, 6) is 0.582. The Morgan fingerprint density at radius 1 is 1.50 bits per heavy atom. The van der Waals surface area contributed by atoms with E-state index in [-0.39, 0.29) is 5.91 Å². The van der Waals surface area contributed by atoms with Gasteiger partial charge in [0.05, 0.1) is 6.54 Å². The molecular formula is C12H13ClN4O. The van der Waals surface area contributed by atoms with Crippen molar-refractivity contribution in [2.75, 3.05) is 7.05 Å². The number of carbonyl (C=O) groups is 1. The van der Waals surface area contributed by atoms with E-state index in [4.69, 9.17) is 11.6 Å². The molecule has 18 heavy (non-hydrogen) atoms. The minimum atomic E-state index is -0.0689. The van der Waals surface area contributed by atoms with Crippen LogP contribution in [-0.4, -0.2) is 33.0 Å². The molecule has 0 bridgehead atoms. The molecule has 0 aliphatic carbocycles. The fourth-order valence-electron chi connectivity index (χ4n) is 1.68. The van der Waals surface area contributed by atoms with Gasteiger partial charge in [0.2, 0.25) is 0 Å². The molecule has 0 unspecified atom stereocenters. The van der Waals surface area contributed by atoms with Crippen LogP contribution in [0.5, 0.6) is 0 Å². The van der Waals surface area contributed by atoms with Crippen molar-refractivity contribution in [1.29, 1.82) is 0 Å². The Kier molecular flexibility index (Phi) is 3.62. The molecule has 0 aliphatic rings. The van der Waals surface area contributed by atoms with Crippen molar-refractivity contribution in [2.45, 2.75) is 13.5 Å². The zero-order chi connectivity index (χ0) is 13.1. The predicted molar refractivity (Wildman–Crippen MR) is 68.4 cm³/mol. The summed E-state index contributed by atoms with van der Waals surface area (Å²) in [6, 6.07) is 5.22. The van der Waals surface area contributed by atoms with E-state index in [9.17, 15) is 4.79 Å². The maximum atomic E-state index is 12.2. The highest BCUT2D eigenvalue weighted by Crippen LogP contribution is 2.17. The number of nitrogens with zero attached hydrogens (tertiary/aromatic N) is 3. The number of nitrogens with one attached hydrogen (secondary N) is 1. The van der Waals surface area contributed by atoms with E-state index in [0.29, 0.717) is 23.0 Å². The van der Waals surface area contributed by atoms with Crippen LogP contribution in [0.1, 0.15) is 21.7 Å². The topological polar surface area (TPSA) is 61.9 Å². The number of aromatic amines is 1. The van der Waals surface area contributed by atoms with E-state index in [1.807, 2.05) is 6.92 Å². The normalized spacial score (nSPS) is 10.4. The molecule has 1 N–H and O–H groups in total. The number of halogens is 1. The molecule has 0 aliphatic heterocycles. The number of hydrogen-bond donors (Lipinski definition) is 1. The first kappa shape index (κ1) is 12.6.